The Labute approximate surface area is 88.8 Å². The average Bonchev–Trinajstić information content (AvgIpc) is 2.26. The van der Waals surface area contributed by atoms with Gasteiger partial charge in [-0.2, -0.15) is 0 Å². The number of benzene rings is 1. The highest BCUT2D eigenvalue weighted by Crippen LogP contribution is 2.18. The predicted octanol–water partition coefficient (Wildman–Crippen LogP) is 3.53. The van der Waals surface area contributed by atoms with Crippen LogP contribution in [0.15, 0.2) is 30.3 Å². The molecule has 0 saturated heterocycles. The lowest BCUT2D eigenvalue weighted by Gasteiger charge is -2.19. The Morgan fingerprint density at radius 1 is 1.14 bits per heavy atom. The third kappa shape index (κ3) is 3.27. The van der Waals surface area contributed by atoms with Crippen LogP contribution in [0.2, 0.25) is 12.1 Å². The molecular formula is C12H20OSi. The first-order valence-electron chi connectivity index (χ1n) is 5.48. The van der Waals surface area contributed by atoms with Gasteiger partial charge in [-0.3, -0.25) is 0 Å². The Morgan fingerprint density at radius 3 is 2.21 bits per heavy atom. The van der Waals surface area contributed by atoms with Gasteiger partial charge in [0.15, 0.2) is 9.04 Å². The molecule has 1 aromatic carbocycles. The van der Waals surface area contributed by atoms with E-state index in [9.17, 15) is 0 Å². The third-order valence-electron chi connectivity index (χ3n) is 2.58. The van der Waals surface area contributed by atoms with E-state index in [1.165, 1.54) is 17.7 Å². The molecule has 0 radical (unpaired) electrons. The first kappa shape index (κ1) is 11.5. The molecule has 0 fully saturated rings. The maximum absolute atomic E-state index is 6.07. The number of rotatable bonds is 5. The SMILES string of the molecule is CC[SiH](CC)O[C@@H](C)c1ccccc1. The van der Waals surface area contributed by atoms with E-state index in [0.717, 1.165) is 0 Å². The van der Waals surface area contributed by atoms with E-state index in [0.29, 0.717) is 0 Å². The molecule has 14 heavy (non-hydrogen) atoms. The van der Waals surface area contributed by atoms with Crippen LogP contribution in [0.1, 0.15) is 32.4 Å². The smallest absolute Gasteiger partial charge is 0.177 e. The second-order valence-electron chi connectivity index (χ2n) is 3.63. The molecule has 0 saturated carbocycles. The highest BCUT2D eigenvalue weighted by molar-refractivity contribution is 6.51. The third-order valence-corrected chi connectivity index (χ3v) is 5.19. The summed E-state index contributed by atoms with van der Waals surface area (Å²) in [5, 5.41) is 0. The monoisotopic (exact) mass is 208 g/mol. The van der Waals surface area contributed by atoms with Crippen molar-refractivity contribution in [3.8, 4) is 0 Å². The normalized spacial score (nSPS) is 13.1. The molecule has 78 valence electrons. The van der Waals surface area contributed by atoms with Crippen LogP contribution >= 0.6 is 0 Å². The molecule has 0 bridgehead atoms. The van der Waals surface area contributed by atoms with E-state index >= 15 is 0 Å². The summed E-state index contributed by atoms with van der Waals surface area (Å²) in [7, 11) is -0.920. The lowest BCUT2D eigenvalue weighted by molar-refractivity contribution is 0.226. The van der Waals surface area contributed by atoms with Crippen LogP contribution in [0.4, 0.5) is 0 Å². The van der Waals surface area contributed by atoms with Gasteiger partial charge in [0, 0.05) is 0 Å². The van der Waals surface area contributed by atoms with E-state index in [2.05, 4.69) is 45.0 Å². The summed E-state index contributed by atoms with van der Waals surface area (Å²) in [6.45, 7) is 6.62. The Morgan fingerprint density at radius 2 is 1.71 bits per heavy atom. The quantitative estimate of drug-likeness (QED) is 0.673. The standard InChI is InChI=1S/C12H20OSi/c1-4-14(5-2)13-11(3)12-9-7-6-8-10-12/h6-11,14H,4-5H2,1-3H3/t11-/m0/s1. The molecule has 2 heteroatoms. The number of hydrogen-bond donors (Lipinski definition) is 0. The van der Waals surface area contributed by atoms with E-state index in [1.54, 1.807) is 0 Å². The average molecular weight is 208 g/mol. The van der Waals surface area contributed by atoms with E-state index in [-0.39, 0.29) is 6.10 Å². The maximum Gasteiger partial charge on any atom is 0.177 e. The van der Waals surface area contributed by atoms with Crippen molar-refractivity contribution in [2.75, 3.05) is 0 Å². The van der Waals surface area contributed by atoms with Crippen LogP contribution in [0.5, 0.6) is 0 Å². The van der Waals surface area contributed by atoms with Crippen molar-refractivity contribution in [1.29, 1.82) is 0 Å². The maximum atomic E-state index is 6.07. The fourth-order valence-electron chi connectivity index (χ4n) is 1.57. The van der Waals surface area contributed by atoms with E-state index in [1.807, 2.05) is 6.07 Å². The van der Waals surface area contributed by atoms with Gasteiger partial charge in [-0.1, -0.05) is 44.2 Å². The molecule has 0 spiro atoms. The first-order chi connectivity index (χ1) is 6.77. The van der Waals surface area contributed by atoms with Gasteiger partial charge in [-0.25, -0.2) is 0 Å². The Balaban J connectivity index is 2.54. The van der Waals surface area contributed by atoms with Crippen molar-refractivity contribution in [1.82, 2.24) is 0 Å². The summed E-state index contributed by atoms with van der Waals surface area (Å²) in [4.78, 5) is 0. The summed E-state index contributed by atoms with van der Waals surface area (Å²) in [5.74, 6) is 0. The Bertz CT molecular complexity index is 244. The lowest BCUT2D eigenvalue weighted by atomic mass is 10.1. The van der Waals surface area contributed by atoms with E-state index < -0.39 is 9.04 Å². The molecule has 0 N–H and O–H groups in total. The van der Waals surface area contributed by atoms with Crippen molar-refractivity contribution < 1.29 is 4.43 Å². The zero-order valence-corrected chi connectivity index (χ0v) is 10.5. The van der Waals surface area contributed by atoms with Gasteiger partial charge in [-0.15, -0.1) is 0 Å². The highest BCUT2D eigenvalue weighted by Gasteiger charge is 2.12. The van der Waals surface area contributed by atoms with Crippen LogP contribution in [-0.2, 0) is 4.43 Å². The molecule has 0 aromatic heterocycles. The van der Waals surface area contributed by atoms with Crippen molar-refractivity contribution in [3.63, 3.8) is 0 Å². The summed E-state index contributed by atoms with van der Waals surface area (Å²) in [5.41, 5.74) is 1.30. The molecule has 0 heterocycles. The van der Waals surface area contributed by atoms with Gasteiger partial charge in [0.25, 0.3) is 0 Å². The molecular weight excluding hydrogens is 188 g/mol. The predicted molar refractivity (Wildman–Crippen MR) is 64.1 cm³/mol. The minimum Gasteiger partial charge on any atom is -0.413 e. The highest BCUT2D eigenvalue weighted by atomic mass is 28.3. The zero-order valence-electron chi connectivity index (χ0n) is 9.36. The first-order valence-corrected chi connectivity index (χ1v) is 7.58. The van der Waals surface area contributed by atoms with E-state index in [4.69, 9.17) is 4.43 Å². The fourth-order valence-corrected chi connectivity index (χ4v) is 3.27. The van der Waals surface area contributed by atoms with Crippen molar-refractivity contribution >= 4 is 9.04 Å². The second-order valence-corrected chi connectivity index (χ2v) is 6.78. The molecule has 0 aliphatic rings. The van der Waals surface area contributed by atoms with Gasteiger partial charge in [-0.05, 0) is 24.6 Å². The molecule has 0 amide bonds. The lowest BCUT2D eigenvalue weighted by Crippen LogP contribution is -2.17. The van der Waals surface area contributed by atoms with Crippen LogP contribution in [0.3, 0.4) is 0 Å². The zero-order chi connectivity index (χ0) is 10.4. The molecule has 0 aliphatic heterocycles. The summed E-state index contributed by atoms with van der Waals surface area (Å²) in [6.07, 6.45) is 0.271. The topological polar surface area (TPSA) is 9.23 Å². The van der Waals surface area contributed by atoms with Gasteiger partial charge in [0.1, 0.15) is 0 Å². The van der Waals surface area contributed by atoms with Crippen molar-refractivity contribution in [3.05, 3.63) is 35.9 Å². The molecule has 1 rings (SSSR count). The molecule has 0 unspecified atom stereocenters. The van der Waals surface area contributed by atoms with Crippen LogP contribution < -0.4 is 0 Å². The van der Waals surface area contributed by atoms with Gasteiger partial charge < -0.3 is 4.43 Å². The summed E-state index contributed by atoms with van der Waals surface area (Å²) >= 11 is 0. The minimum atomic E-state index is -0.920. The Hall–Kier alpha value is -0.603. The van der Waals surface area contributed by atoms with Crippen molar-refractivity contribution in [2.45, 2.75) is 39.0 Å². The molecule has 1 aromatic rings. The van der Waals surface area contributed by atoms with Gasteiger partial charge in [0.2, 0.25) is 0 Å². The largest absolute Gasteiger partial charge is 0.413 e. The van der Waals surface area contributed by atoms with Gasteiger partial charge >= 0.3 is 0 Å². The summed E-state index contributed by atoms with van der Waals surface area (Å²) < 4.78 is 6.07. The molecule has 1 nitrogen and oxygen atoms in total. The van der Waals surface area contributed by atoms with Crippen LogP contribution in [-0.4, -0.2) is 9.04 Å². The molecule has 1 atom stereocenters. The van der Waals surface area contributed by atoms with Crippen LogP contribution in [0, 0.1) is 0 Å². The second kappa shape index (κ2) is 5.99. The molecule has 0 aliphatic carbocycles. The minimum absolute atomic E-state index is 0.271. The fraction of sp³-hybridized carbons (Fsp3) is 0.500. The van der Waals surface area contributed by atoms with Gasteiger partial charge in [0.05, 0.1) is 6.10 Å². The Kier molecular flexibility index (Phi) is 4.91. The van der Waals surface area contributed by atoms with Crippen molar-refractivity contribution in [2.24, 2.45) is 0 Å². The van der Waals surface area contributed by atoms with Crippen LogP contribution in [0.25, 0.3) is 0 Å². The number of hydrogen-bond acceptors (Lipinski definition) is 1. The summed E-state index contributed by atoms with van der Waals surface area (Å²) in [6, 6.07) is 12.9.